The molecule has 8 heteroatoms. The maximum atomic E-state index is 9.00. The number of rotatable bonds is 1. The van der Waals surface area contributed by atoms with E-state index in [1.54, 1.807) is 0 Å². The first kappa shape index (κ1) is 11.8. The smallest absolute Gasteiger partial charge is 0.394 e. The van der Waals surface area contributed by atoms with E-state index < -0.39 is 16.4 Å². The van der Waals surface area contributed by atoms with Gasteiger partial charge in [-0.05, 0) is 0 Å². The molecule has 0 aliphatic heterocycles. The Hall–Kier alpha value is -0.990. The highest BCUT2D eigenvalue weighted by atomic mass is 32.3. The Morgan fingerprint density at radius 3 is 1.40 bits per heavy atom. The van der Waals surface area contributed by atoms with E-state index in [1.807, 2.05) is 0 Å². The Labute approximate surface area is 55.9 Å². The molecule has 0 bridgehead atoms. The summed E-state index contributed by atoms with van der Waals surface area (Å²) < 4.78 is 31.6. The summed E-state index contributed by atoms with van der Waals surface area (Å²) >= 11 is 0. The van der Waals surface area contributed by atoms with Crippen molar-refractivity contribution in [3.8, 4) is 0 Å². The molecule has 0 unspecified atom stereocenters. The SMILES string of the molecule is O=CC(=O)O.O=S(=O)(O)O. The van der Waals surface area contributed by atoms with E-state index in [0.717, 1.165) is 0 Å². The molecular formula is C2H4O7S. The third-order valence-electron chi connectivity index (χ3n) is 0.101. The lowest BCUT2D eigenvalue weighted by molar-refractivity contribution is -0.143. The number of carbonyl (C=O) groups excluding carboxylic acids is 1. The quantitative estimate of drug-likeness (QED) is 0.252. The van der Waals surface area contributed by atoms with E-state index >= 15 is 0 Å². The molecule has 0 aromatic rings. The van der Waals surface area contributed by atoms with E-state index in [1.165, 1.54) is 0 Å². The zero-order valence-electron chi connectivity index (χ0n) is 4.46. The van der Waals surface area contributed by atoms with Crippen LogP contribution >= 0.6 is 0 Å². The molecule has 10 heavy (non-hydrogen) atoms. The summed E-state index contributed by atoms with van der Waals surface area (Å²) in [4.78, 5) is 17.9. The first-order valence-electron chi connectivity index (χ1n) is 1.65. The van der Waals surface area contributed by atoms with Crippen LogP contribution in [0.1, 0.15) is 0 Å². The average molecular weight is 172 g/mol. The summed E-state index contributed by atoms with van der Waals surface area (Å²) in [7, 11) is -4.67. The third kappa shape index (κ3) is 248. The Morgan fingerprint density at radius 1 is 1.30 bits per heavy atom. The van der Waals surface area contributed by atoms with Crippen molar-refractivity contribution in [2.45, 2.75) is 0 Å². The van der Waals surface area contributed by atoms with Gasteiger partial charge in [0.2, 0.25) is 6.29 Å². The Kier molecular flexibility index (Phi) is 5.70. The van der Waals surface area contributed by atoms with Crippen LogP contribution in [0.4, 0.5) is 0 Å². The van der Waals surface area contributed by atoms with Crippen molar-refractivity contribution in [1.29, 1.82) is 0 Å². The van der Waals surface area contributed by atoms with Crippen molar-refractivity contribution < 1.29 is 32.2 Å². The lowest BCUT2D eigenvalue weighted by Crippen LogP contribution is -1.91. The molecule has 0 fully saturated rings. The van der Waals surface area contributed by atoms with Crippen LogP contribution in [0, 0.1) is 0 Å². The molecule has 3 N–H and O–H groups in total. The highest BCUT2D eigenvalue weighted by Crippen LogP contribution is 1.59. The van der Waals surface area contributed by atoms with Gasteiger partial charge in [0.25, 0.3) is 0 Å². The summed E-state index contributed by atoms with van der Waals surface area (Å²) in [5.41, 5.74) is 0. The van der Waals surface area contributed by atoms with Crippen LogP contribution in [0.3, 0.4) is 0 Å². The standard InChI is InChI=1S/C2H2O3.H2O4S/c3-1-2(4)5;1-5(2,3)4/h1H,(H,4,5);(H2,1,2,3,4). The summed E-state index contributed by atoms with van der Waals surface area (Å²) in [6.07, 6.45) is -0.167. The van der Waals surface area contributed by atoms with Crippen LogP contribution in [0.5, 0.6) is 0 Å². The van der Waals surface area contributed by atoms with Crippen LogP contribution in [-0.4, -0.2) is 34.9 Å². The summed E-state index contributed by atoms with van der Waals surface area (Å²) in [6, 6.07) is 0. The molecule has 0 aromatic heterocycles. The van der Waals surface area contributed by atoms with Crippen molar-refractivity contribution >= 4 is 22.7 Å². The number of aliphatic carboxylic acids is 1. The lowest BCUT2D eigenvalue weighted by Gasteiger charge is -1.68. The van der Waals surface area contributed by atoms with E-state index in [9.17, 15) is 0 Å². The molecule has 0 heterocycles. The molecule has 0 atom stereocenters. The fourth-order valence-corrected chi connectivity index (χ4v) is 0. The van der Waals surface area contributed by atoms with E-state index in [-0.39, 0.29) is 6.29 Å². The van der Waals surface area contributed by atoms with Crippen LogP contribution in [-0.2, 0) is 20.0 Å². The number of hydrogen-bond donors (Lipinski definition) is 3. The van der Waals surface area contributed by atoms with Gasteiger partial charge in [0.15, 0.2) is 0 Å². The second-order valence-corrected chi connectivity index (χ2v) is 1.80. The molecule has 60 valence electrons. The number of hydrogen-bond acceptors (Lipinski definition) is 4. The van der Waals surface area contributed by atoms with Crippen LogP contribution in [0.15, 0.2) is 0 Å². The van der Waals surface area contributed by atoms with Crippen molar-refractivity contribution in [3.63, 3.8) is 0 Å². The molecule has 0 aromatic carbocycles. The fourth-order valence-electron chi connectivity index (χ4n) is 0. The molecule has 7 nitrogen and oxygen atoms in total. The number of carboxylic acid groups (broad SMARTS) is 1. The second-order valence-electron chi connectivity index (χ2n) is 0.904. The first-order valence-corrected chi connectivity index (χ1v) is 3.05. The van der Waals surface area contributed by atoms with Gasteiger partial charge in [-0.2, -0.15) is 8.42 Å². The maximum absolute atomic E-state index is 9.00. The average Bonchev–Trinajstić information content (AvgIpc) is 1.61. The molecular weight excluding hydrogens is 168 g/mol. The molecule has 0 spiro atoms. The van der Waals surface area contributed by atoms with E-state index in [2.05, 4.69) is 0 Å². The van der Waals surface area contributed by atoms with Crippen molar-refractivity contribution in [2.75, 3.05) is 0 Å². The number of carboxylic acids is 1. The number of aldehydes is 1. The molecule has 0 saturated carbocycles. The van der Waals surface area contributed by atoms with Crippen LogP contribution < -0.4 is 0 Å². The van der Waals surface area contributed by atoms with Crippen molar-refractivity contribution in [2.24, 2.45) is 0 Å². The van der Waals surface area contributed by atoms with E-state index in [0.29, 0.717) is 0 Å². The summed E-state index contributed by atoms with van der Waals surface area (Å²) in [5, 5.41) is 7.35. The fraction of sp³-hybridized carbons (Fsp3) is 0. The summed E-state index contributed by atoms with van der Waals surface area (Å²) in [5.74, 6) is -1.43. The predicted molar refractivity (Wildman–Crippen MR) is 27.9 cm³/mol. The molecule has 0 radical (unpaired) electrons. The third-order valence-corrected chi connectivity index (χ3v) is 0.101. The minimum atomic E-state index is -4.67. The zero-order chi connectivity index (χ0) is 8.78. The molecule has 0 saturated heterocycles. The predicted octanol–water partition coefficient (Wildman–Crippen LogP) is -1.38. The monoisotopic (exact) mass is 172 g/mol. The Morgan fingerprint density at radius 2 is 1.40 bits per heavy atom. The molecule has 0 aliphatic carbocycles. The Balaban J connectivity index is 0. The minimum Gasteiger partial charge on any atom is -0.476 e. The first-order chi connectivity index (χ1) is 4.27. The van der Waals surface area contributed by atoms with Crippen molar-refractivity contribution in [3.05, 3.63) is 0 Å². The van der Waals surface area contributed by atoms with Gasteiger partial charge in [-0.1, -0.05) is 0 Å². The highest BCUT2D eigenvalue weighted by Gasteiger charge is 1.84. The van der Waals surface area contributed by atoms with Gasteiger partial charge < -0.3 is 5.11 Å². The van der Waals surface area contributed by atoms with Gasteiger partial charge in [-0.25, -0.2) is 4.79 Å². The van der Waals surface area contributed by atoms with Crippen LogP contribution in [0.25, 0.3) is 0 Å². The van der Waals surface area contributed by atoms with E-state index in [4.69, 9.17) is 32.2 Å². The van der Waals surface area contributed by atoms with Gasteiger partial charge in [0, 0.05) is 0 Å². The van der Waals surface area contributed by atoms with Gasteiger partial charge >= 0.3 is 16.4 Å². The van der Waals surface area contributed by atoms with Gasteiger partial charge in [0.1, 0.15) is 0 Å². The molecule has 0 rings (SSSR count). The normalized spacial score (nSPS) is 9.00. The van der Waals surface area contributed by atoms with Crippen LogP contribution in [0.2, 0.25) is 0 Å². The highest BCUT2D eigenvalue weighted by molar-refractivity contribution is 7.79. The van der Waals surface area contributed by atoms with Gasteiger partial charge in [-0.15, -0.1) is 0 Å². The van der Waals surface area contributed by atoms with Gasteiger partial charge in [0.05, 0.1) is 0 Å². The number of carbonyl (C=O) groups is 2. The zero-order valence-corrected chi connectivity index (χ0v) is 5.28. The topological polar surface area (TPSA) is 129 Å². The second kappa shape index (κ2) is 4.85. The molecule has 0 aliphatic rings. The lowest BCUT2D eigenvalue weighted by atomic mass is 10.8. The summed E-state index contributed by atoms with van der Waals surface area (Å²) in [6.45, 7) is 0. The molecule has 0 amide bonds. The minimum absolute atomic E-state index is 0.167. The maximum Gasteiger partial charge on any atom is 0.394 e. The largest absolute Gasteiger partial charge is 0.476 e. The van der Waals surface area contributed by atoms with Gasteiger partial charge in [-0.3, -0.25) is 13.9 Å². The van der Waals surface area contributed by atoms with Crippen molar-refractivity contribution in [1.82, 2.24) is 0 Å². The Bertz CT molecular complexity index is 192.